The van der Waals surface area contributed by atoms with Gasteiger partial charge in [-0.3, -0.25) is 4.79 Å². The van der Waals surface area contributed by atoms with Gasteiger partial charge in [0.15, 0.2) is 0 Å². The van der Waals surface area contributed by atoms with Crippen molar-refractivity contribution < 1.29 is 39.5 Å². The minimum atomic E-state index is -5.05. The van der Waals surface area contributed by atoms with Gasteiger partial charge in [-0.25, -0.2) is 21.6 Å². The predicted octanol–water partition coefficient (Wildman–Crippen LogP) is 4.13. The Bertz CT molecular complexity index is 1570. The Morgan fingerprint density at radius 2 is 1.51 bits per heavy atom. The number of sulfone groups is 1. The third kappa shape index (κ3) is 6.10. The number of nitrogens with zero attached hydrogens (tertiary/aromatic N) is 1. The summed E-state index contributed by atoms with van der Waals surface area (Å²) in [5, 5.41) is 0. The maximum absolute atomic E-state index is 13.8. The van der Waals surface area contributed by atoms with Gasteiger partial charge in [-0.15, -0.1) is 0 Å². The molecular weight excluding hydrogens is 557 g/mol. The number of amides is 1. The number of nitrogens with one attached hydrogen (secondary N) is 1. The molecule has 0 radical (unpaired) electrons. The van der Waals surface area contributed by atoms with E-state index in [4.69, 9.17) is 4.74 Å². The van der Waals surface area contributed by atoms with E-state index in [1.165, 1.54) is 36.3 Å². The smallest absolute Gasteiger partial charge is 0.417 e. The molecule has 1 N–H and O–H groups in total. The summed E-state index contributed by atoms with van der Waals surface area (Å²) in [5.41, 5.74) is -1.14. The standard InChI is InChI=1S/C26H25F3N2O6S2/c1-37-23-10-6-5-9-21(23)25(32)31-15-13-18(14-16-31)30-39(35,36)24-17-20(11-12-22(24)26(27,28)29)38(33,34)19-7-3-2-4-8-19/h2-12,17-18,30H,13-16H2,1H3. The first-order valence-electron chi connectivity index (χ1n) is 11.8. The number of methoxy groups -OCH3 is 1. The number of para-hydroxylation sites is 1. The highest BCUT2D eigenvalue weighted by molar-refractivity contribution is 7.91. The largest absolute Gasteiger partial charge is 0.496 e. The Morgan fingerprint density at radius 1 is 0.897 bits per heavy atom. The molecule has 0 saturated carbocycles. The van der Waals surface area contributed by atoms with Crippen LogP contribution in [0, 0.1) is 0 Å². The molecule has 13 heteroatoms. The number of ether oxygens (including phenoxy) is 1. The molecule has 208 valence electrons. The van der Waals surface area contributed by atoms with Gasteiger partial charge < -0.3 is 9.64 Å². The lowest BCUT2D eigenvalue weighted by atomic mass is 10.0. The number of carbonyl (C=O) groups is 1. The highest BCUT2D eigenvalue weighted by Gasteiger charge is 2.39. The van der Waals surface area contributed by atoms with Gasteiger partial charge in [0.1, 0.15) is 5.75 Å². The molecule has 0 aliphatic carbocycles. The fourth-order valence-corrected chi connectivity index (χ4v) is 7.28. The van der Waals surface area contributed by atoms with Crippen molar-refractivity contribution in [3.05, 3.63) is 83.9 Å². The van der Waals surface area contributed by atoms with Gasteiger partial charge >= 0.3 is 6.18 Å². The molecule has 0 unspecified atom stereocenters. The van der Waals surface area contributed by atoms with E-state index in [-0.39, 0.29) is 36.7 Å². The second-order valence-electron chi connectivity index (χ2n) is 8.86. The average Bonchev–Trinajstić information content (AvgIpc) is 2.92. The summed E-state index contributed by atoms with van der Waals surface area (Å²) in [6.07, 6.45) is -4.77. The Kier molecular flexibility index (Phi) is 8.05. The molecule has 1 fully saturated rings. The number of hydrogen-bond donors (Lipinski definition) is 1. The molecular formula is C26H25F3N2O6S2. The first kappa shape index (κ1) is 28.6. The van der Waals surface area contributed by atoms with Crippen LogP contribution in [0.5, 0.6) is 5.75 Å². The van der Waals surface area contributed by atoms with Crippen molar-refractivity contribution in [2.75, 3.05) is 20.2 Å². The summed E-state index contributed by atoms with van der Waals surface area (Å²) < 4.78 is 101. The van der Waals surface area contributed by atoms with Crippen molar-refractivity contribution in [3.8, 4) is 5.75 Å². The number of hydrogen-bond acceptors (Lipinski definition) is 6. The molecule has 1 amide bonds. The number of halogens is 3. The third-order valence-corrected chi connectivity index (χ3v) is 9.68. The Balaban J connectivity index is 1.57. The zero-order valence-electron chi connectivity index (χ0n) is 20.7. The second-order valence-corrected chi connectivity index (χ2v) is 12.5. The summed E-state index contributed by atoms with van der Waals surface area (Å²) in [5.74, 6) is 0.0716. The maximum atomic E-state index is 13.8. The van der Waals surface area contributed by atoms with Gasteiger partial charge in [0.05, 0.1) is 32.9 Å². The maximum Gasteiger partial charge on any atom is 0.417 e. The SMILES string of the molecule is COc1ccccc1C(=O)N1CCC(NS(=O)(=O)c2cc(S(=O)(=O)c3ccccc3)ccc2C(F)(F)F)CC1. The number of rotatable bonds is 7. The van der Waals surface area contributed by atoms with Gasteiger partial charge in [-0.05, 0) is 55.3 Å². The molecule has 8 nitrogen and oxygen atoms in total. The van der Waals surface area contributed by atoms with Gasteiger partial charge in [0, 0.05) is 19.1 Å². The topological polar surface area (TPSA) is 110 Å². The Morgan fingerprint density at radius 3 is 2.13 bits per heavy atom. The minimum Gasteiger partial charge on any atom is -0.496 e. The molecule has 1 saturated heterocycles. The third-order valence-electron chi connectivity index (χ3n) is 6.35. The summed E-state index contributed by atoms with van der Waals surface area (Å²) >= 11 is 0. The van der Waals surface area contributed by atoms with Crippen LogP contribution in [-0.4, -0.2) is 53.9 Å². The number of likely N-dealkylation sites (tertiary alicyclic amines) is 1. The normalized spacial score (nSPS) is 15.2. The Labute approximate surface area is 224 Å². The summed E-state index contributed by atoms with van der Waals surface area (Å²) in [6.45, 7) is 0.303. The predicted molar refractivity (Wildman–Crippen MR) is 136 cm³/mol. The van der Waals surface area contributed by atoms with E-state index in [0.29, 0.717) is 23.4 Å². The van der Waals surface area contributed by atoms with Crippen molar-refractivity contribution in [2.45, 2.75) is 39.7 Å². The fraction of sp³-hybridized carbons (Fsp3) is 0.269. The molecule has 1 aliphatic rings. The molecule has 4 rings (SSSR count). The monoisotopic (exact) mass is 582 g/mol. The molecule has 3 aromatic rings. The Hall–Kier alpha value is -3.42. The first-order chi connectivity index (χ1) is 18.3. The molecule has 0 atom stereocenters. The van der Waals surface area contributed by atoms with Crippen molar-refractivity contribution in [1.29, 1.82) is 0 Å². The molecule has 3 aromatic carbocycles. The molecule has 0 spiro atoms. The van der Waals surface area contributed by atoms with Crippen molar-refractivity contribution in [3.63, 3.8) is 0 Å². The zero-order valence-corrected chi connectivity index (χ0v) is 22.3. The number of carbonyl (C=O) groups excluding carboxylic acids is 1. The lowest BCUT2D eigenvalue weighted by Crippen LogP contribution is -2.46. The lowest BCUT2D eigenvalue weighted by Gasteiger charge is -2.32. The molecule has 39 heavy (non-hydrogen) atoms. The summed E-state index contributed by atoms with van der Waals surface area (Å²) in [6, 6.07) is 14.6. The van der Waals surface area contributed by atoms with Crippen LogP contribution in [0.15, 0.2) is 87.5 Å². The van der Waals surface area contributed by atoms with Crippen LogP contribution in [0.3, 0.4) is 0 Å². The lowest BCUT2D eigenvalue weighted by molar-refractivity contribution is -0.139. The van der Waals surface area contributed by atoms with Crippen LogP contribution < -0.4 is 9.46 Å². The molecule has 0 bridgehead atoms. The van der Waals surface area contributed by atoms with Crippen LogP contribution in [-0.2, 0) is 26.0 Å². The van der Waals surface area contributed by atoms with Crippen LogP contribution >= 0.6 is 0 Å². The van der Waals surface area contributed by atoms with E-state index in [9.17, 15) is 34.8 Å². The van der Waals surface area contributed by atoms with Crippen LogP contribution in [0.4, 0.5) is 13.2 Å². The number of piperidine rings is 1. The van der Waals surface area contributed by atoms with E-state index in [1.54, 1.807) is 30.3 Å². The van der Waals surface area contributed by atoms with E-state index < -0.39 is 47.4 Å². The van der Waals surface area contributed by atoms with E-state index in [0.717, 1.165) is 6.07 Å². The quantitative estimate of drug-likeness (QED) is 0.449. The van der Waals surface area contributed by atoms with Gasteiger partial charge in [-0.2, -0.15) is 13.2 Å². The average molecular weight is 583 g/mol. The fourth-order valence-electron chi connectivity index (χ4n) is 4.34. The molecule has 0 aromatic heterocycles. The zero-order chi connectivity index (χ0) is 28.4. The minimum absolute atomic E-state index is 0.142. The number of benzene rings is 3. The highest BCUT2D eigenvalue weighted by atomic mass is 32.2. The summed E-state index contributed by atoms with van der Waals surface area (Å²) in [4.78, 5) is 12.5. The first-order valence-corrected chi connectivity index (χ1v) is 14.8. The van der Waals surface area contributed by atoms with Crippen molar-refractivity contribution >= 4 is 25.8 Å². The van der Waals surface area contributed by atoms with E-state index >= 15 is 0 Å². The van der Waals surface area contributed by atoms with Crippen molar-refractivity contribution in [2.24, 2.45) is 0 Å². The van der Waals surface area contributed by atoms with Crippen LogP contribution in [0.25, 0.3) is 0 Å². The second kappa shape index (κ2) is 11.0. The molecule has 1 heterocycles. The highest BCUT2D eigenvalue weighted by Crippen LogP contribution is 2.36. The number of alkyl halides is 3. The van der Waals surface area contributed by atoms with Gasteiger partial charge in [-0.1, -0.05) is 30.3 Å². The van der Waals surface area contributed by atoms with Crippen molar-refractivity contribution in [1.82, 2.24) is 9.62 Å². The number of sulfonamides is 1. The molecule has 1 aliphatic heterocycles. The van der Waals surface area contributed by atoms with E-state index in [2.05, 4.69) is 4.72 Å². The van der Waals surface area contributed by atoms with Gasteiger partial charge in [0.25, 0.3) is 5.91 Å². The van der Waals surface area contributed by atoms with E-state index in [1.807, 2.05) is 0 Å². The summed E-state index contributed by atoms with van der Waals surface area (Å²) in [7, 11) is -7.64. The van der Waals surface area contributed by atoms with Crippen LogP contribution in [0.2, 0.25) is 0 Å². The van der Waals surface area contributed by atoms with Gasteiger partial charge in [0.2, 0.25) is 19.9 Å². The van der Waals surface area contributed by atoms with Crippen LogP contribution in [0.1, 0.15) is 28.8 Å².